The van der Waals surface area contributed by atoms with Crippen molar-refractivity contribution < 1.29 is 18.7 Å². The van der Waals surface area contributed by atoms with Crippen molar-refractivity contribution in [2.45, 2.75) is 44.3 Å². The van der Waals surface area contributed by atoms with Crippen LogP contribution in [-0.4, -0.2) is 47.1 Å². The van der Waals surface area contributed by atoms with Crippen LogP contribution in [0.5, 0.6) is 11.5 Å². The van der Waals surface area contributed by atoms with E-state index in [0.717, 1.165) is 42.4 Å². The lowest BCUT2D eigenvalue weighted by molar-refractivity contribution is 0.0729. The lowest BCUT2D eigenvalue weighted by Gasteiger charge is -2.23. The highest BCUT2D eigenvalue weighted by Gasteiger charge is 2.33. The highest BCUT2D eigenvalue weighted by molar-refractivity contribution is 5.95. The topological polar surface area (TPSA) is 76.6 Å². The predicted molar refractivity (Wildman–Crippen MR) is 144 cm³/mol. The van der Waals surface area contributed by atoms with Gasteiger partial charge in [-0.15, -0.1) is 0 Å². The normalized spacial score (nSPS) is 14.8. The van der Waals surface area contributed by atoms with Crippen molar-refractivity contribution in [2.24, 2.45) is 0 Å². The van der Waals surface area contributed by atoms with E-state index in [1.807, 2.05) is 35.2 Å². The molecule has 4 aromatic rings. The Morgan fingerprint density at radius 1 is 0.974 bits per heavy atom. The molecular formula is C30H29FN4O3. The number of rotatable bonds is 9. The minimum atomic E-state index is -0.382. The van der Waals surface area contributed by atoms with Gasteiger partial charge in [-0.2, -0.15) is 0 Å². The second-order valence-electron chi connectivity index (χ2n) is 9.93. The number of carbonyl (C=O) groups excluding carboxylic acids is 1. The van der Waals surface area contributed by atoms with Gasteiger partial charge in [-0.1, -0.05) is 18.2 Å². The molecule has 3 aromatic carbocycles. The second-order valence-corrected chi connectivity index (χ2v) is 9.93. The number of aromatic nitrogens is 2. The molecule has 1 N–H and O–H groups in total. The first kappa shape index (κ1) is 24.2. The molecule has 194 valence electrons. The maximum absolute atomic E-state index is 15.1. The summed E-state index contributed by atoms with van der Waals surface area (Å²) in [5.74, 6) is 1.33. The summed E-state index contributed by atoms with van der Waals surface area (Å²) in [6, 6.07) is 17.2. The van der Waals surface area contributed by atoms with Crippen molar-refractivity contribution >= 4 is 22.6 Å². The fourth-order valence-corrected chi connectivity index (χ4v) is 4.76. The average Bonchev–Trinajstić information content (AvgIpc) is 3.87. The van der Waals surface area contributed by atoms with Gasteiger partial charge in [0.15, 0.2) is 11.5 Å². The minimum Gasteiger partial charge on any atom is -0.493 e. The van der Waals surface area contributed by atoms with Gasteiger partial charge in [-0.25, -0.2) is 14.4 Å². The van der Waals surface area contributed by atoms with E-state index in [2.05, 4.69) is 15.3 Å². The zero-order chi connectivity index (χ0) is 26.2. The number of carbonyl (C=O) groups is 1. The largest absolute Gasteiger partial charge is 0.493 e. The molecule has 0 radical (unpaired) electrons. The molecule has 38 heavy (non-hydrogen) atoms. The molecule has 7 nitrogen and oxygen atoms in total. The van der Waals surface area contributed by atoms with E-state index in [1.54, 1.807) is 32.4 Å². The van der Waals surface area contributed by atoms with E-state index >= 15 is 4.39 Å². The first-order chi connectivity index (χ1) is 18.5. The first-order valence-corrected chi connectivity index (χ1v) is 12.9. The van der Waals surface area contributed by atoms with E-state index in [0.29, 0.717) is 46.4 Å². The summed E-state index contributed by atoms with van der Waals surface area (Å²) in [5.41, 5.74) is 3.46. The molecule has 1 aromatic heterocycles. The van der Waals surface area contributed by atoms with Crippen LogP contribution >= 0.6 is 0 Å². The summed E-state index contributed by atoms with van der Waals surface area (Å²) in [7, 11) is 3.13. The molecule has 8 heteroatoms. The zero-order valence-electron chi connectivity index (χ0n) is 21.4. The van der Waals surface area contributed by atoms with Crippen molar-refractivity contribution in [3.63, 3.8) is 0 Å². The fourth-order valence-electron chi connectivity index (χ4n) is 4.76. The third-order valence-electron chi connectivity index (χ3n) is 7.10. The van der Waals surface area contributed by atoms with Crippen molar-refractivity contribution in [1.82, 2.24) is 14.9 Å². The van der Waals surface area contributed by atoms with Gasteiger partial charge in [0.2, 0.25) is 0 Å². The Morgan fingerprint density at radius 3 is 2.53 bits per heavy atom. The second kappa shape index (κ2) is 9.93. The number of nitrogens with one attached hydrogen (secondary N) is 1. The highest BCUT2D eigenvalue weighted by atomic mass is 19.1. The van der Waals surface area contributed by atoms with Crippen LogP contribution in [0.15, 0.2) is 60.9 Å². The molecule has 2 aliphatic carbocycles. The summed E-state index contributed by atoms with van der Waals surface area (Å²) in [6.07, 6.45) is 5.54. The summed E-state index contributed by atoms with van der Waals surface area (Å²) in [6.45, 7) is 0.458. The van der Waals surface area contributed by atoms with Crippen LogP contribution in [0.25, 0.3) is 22.0 Å². The number of anilines is 1. The molecule has 2 aliphatic rings. The highest BCUT2D eigenvalue weighted by Crippen LogP contribution is 2.35. The Balaban J connectivity index is 1.30. The molecule has 0 atom stereocenters. The zero-order valence-corrected chi connectivity index (χ0v) is 21.4. The number of hydrogen-bond donors (Lipinski definition) is 1. The maximum Gasteiger partial charge on any atom is 0.254 e. The quantitative estimate of drug-likeness (QED) is 0.304. The van der Waals surface area contributed by atoms with Crippen LogP contribution < -0.4 is 14.8 Å². The Kier molecular flexibility index (Phi) is 6.31. The van der Waals surface area contributed by atoms with E-state index in [4.69, 9.17) is 9.47 Å². The van der Waals surface area contributed by atoms with E-state index in [9.17, 15) is 4.79 Å². The Labute approximate surface area is 220 Å². The lowest BCUT2D eigenvalue weighted by atomic mass is 10.0. The first-order valence-electron chi connectivity index (χ1n) is 12.9. The monoisotopic (exact) mass is 512 g/mol. The van der Waals surface area contributed by atoms with Crippen molar-refractivity contribution in [2.75, 3.05) is 19.5 Å². The molecule has 2 saturated carbocycles. The van der Waals surface area contributed by atoms with Crippen molar-refractivity contribution in [3.05, 3.63) is 77.9 Å². The summed E-state index contributed by atoms with van der Waals surface area (Å²) in [5, 5.41) is 4.06. The van der Waals surface area contributed by atoms with Crippen LogP contribution in [0.3, 0.4) is 0 Å². The molecule has 6 rings (SSSR count). The molecule has 0 unspecified atom stereocenters. The van der Waals surface area contributed by atoms with Crippen LogP contribution in [-0.2, 0) is 6.54 Å². The number of hydrogen-bond acceptors (Lipinski definition) is 6. The number of methoxy groups -OCH3 is 2. The number of halogens is 1. The van der Waals surface area contributed by atoms with Crippen molar-refractivity contribution in [1.29, 1.82) is 0 Å². The molecule has 0 spiro atoms. The van der Waals surface area contributed by atoms with E-state index in [1.165, 1.54) is 12.4 Å². The predicted octanol–water partition coefficient (Wildman–Crippen LogP) is 5.83. The van der Waals surface area contributed by atoms with Gasteiger partial charge in [0.25, 0.3) is 5.91 Å². The Bertz CT molecular complexity index is 1520. The number of nitrogens with zero attached hydrogens (tertiary/aromatic N) is 3. The maximum atomic E-state index is 15.1. The van der Waals surface area contributed by atoms with Gasteiger partial charge in [-0.05, 0) is 78.8 Å². The SMILES string of the molecule is COc1ccc(C(=O)N(Cc2cccc(-c3cc(F)c4ncnc(NC5CC5)c4c3)c2)C2CC2)cc1OC. The minimum absolute atomic E-state index is 0.0523. The molecule has 0 aliphatic heterocycles. The van der Waals surface area contributed by atoms with Gasteiger partial charge in [0.05, 0.1) is 14.2 Å². The molecule has 1 amide bonds. The van der Waals surface area contributed by atoms with Crippen LogP contribution in [0.4, 0.5) is 10.2 Å². The van der Waals surface area contributed by atoms with Gasteiger partial charge in [0, 0.05) is 29.6 Å². The smallest absolute Gasteiger partial charge is 0.254 e. The van der Waals surface area contributed by atoms with Crippen LogP contribution in [0, 0.1) is 5.82 Å². The molecule has 2 fully saturated rings. The van der Waals surface area contributed by atoms with Gasteiger partial charge in [0.1, 0.15) is 23.5 Å². The van der Waals surface area contributed by atoms with Crippen LogP contribution in [0.2, 0.25) is 0 Å². The summed E-state index contributed by atoms with van der Waals surface area (Å²) >= 11 is 0. The summed E-state index contributed by atoms with van der Waals surface area (Å²) in [4.78, 5) is 24.0. The van der Waals surface area contributed by atoms with E-state index in [-0.39, 0.29) is 17.8 Å². The number of amides is 1. The lowest BCUT2D eigenvalue weighted by Crippen LogP contribution is -2.32. The third kappa shape index (κ3) is 4.86. The van der Waals surface area contributed by atoms with Crippen molar-refractivity contribution in [3.8, 4) is 22.6 Å². The number of ether oxygens (including phenoxy) is 2. The van der Waals surface area contributed by atoms with Gasteiger partial charge in [-0.3, -0.25) is 4.79 Å². The Hall–Kier alpha value is -4.20. The molecular weight excluding hydrogens is 483 g/mol. The molecule has 0 saturated heterocycles. The standard InChI is InChI=1S/C30H29FN4O3/c1-37-26-11-6-20(15-27(26)38-2)30(36)35(23-9-10-23)16-18-4-3-5-19(12-18)21-13-24-28(25(31)14-21)32-17-33-29(24)34-22-7-8-22/h3-6,11-15,17,22-23H,7-10,16H2,1-2H3,(H,32,33,34). The number of benzene rings is 3. The van der Waals surface area contributed by atoms with Crippen LogP contribution in [0.1, 0.15) is 41.6 Å². The number of fused-ring (bicyclic) bond motifs is 1. The van der Waals surface area contributed by atoms with Gasteiger partial charge >= 0.3 is 0 Å². The Morgan fingerprint density at radius 2 is 1.79 bits per heavy atom. The van der Waals surface area contributed by atoms with E-state index < -0.39 is 0 Å². The van der Waals surface area contributed by atoms with Gasteiger partial charge < -0.3 is 19.7 Å². The fraction of sp³-hybridized carbons (Fsp3) is 0.300. The molecule has 0 bridgehead atoms. The third-order valence-corrected chi connectivity index (χ3v) is 7.10. The molecule has 1 heterocycles. The summed E-state index contributed by atoms with van der Waals surface area (Å²) < 4.78 is 25.8. The average molecular weight is 513 g/mol.